The monoisotopic (exact) mass is 229 g/mol. The summed E-state index contributed by atoms with van der Waals surface area (Å²) in [6.45, 7) is 1.27. The lowest BCUT2D eigenvalue weighted by Gasteiger charge is -2.25. The molecule has 84 valence electrons. The summed E-state index contributed by atoms with van der Waals surface area (Å²) in [5.74, 6) is 0. The van der Waals surface area contributed by atoms with Gasteiger partial charge in [0.15, 0.2) is 0 Å². The first kappa shape index (κ1) is 10.6. The second kappa shape index (κ2) is 3.94. The fourth-order valence-corrected chi connectivity index (χ4v) is 3.29. The molecule has 6 heteroatoms. The Labute approximate surface area is 89.7 Å². The highest BCUT2D eigenvalue weighted by molar-refractivity contribution is 7.89. The van der Waals surface area contributed by atoms with Gasteiger partial charge in [-0.05, 0) is 12.8 Å². The molecule has 0 N–H and O–H groups in total. The van der Waals surface area contributed by atoms with E-state index in [0.717, 1.165) is 19.3 Å². The normalized spacial score (nSPS) is 19.3. The lowest BCUT2D eigenvalue weighted by molar-refractivity contribution is 0.346. The van der Waals surface area contributed by atoms with Crippen molar-refractivity contribution in [2.24, 2.45) is 7.05 Å². The molecule has 1 aromatic rings. The Morgan fingerprint density at radius 3 is 2.47 bits per heavy atom. The smallest absolute Gasteiger partial charge is 0.246 e. The van der Waals surface area contributed by atoms with Gasteiger partial charge in [-0.2, -0.15) is 9.40 Å². The van der Waals surface area contributed by atoms with Crippen LogP contribution < -0.4 is 0 Å². The molecule has 0 amide bonds. The van der Waals surface area contributed by atoms with Gasteiger partial charge in [0.1, 0.15) is 4.90 Å². The zero-order valence-corrected chi connectivity index (χ0v) is 9.57. The van der Waals surface area contributed by atoms with Gasteiger partial charge in [-0.15, -0.1) is 0 Å². The number of aromatic nitrogens is 2. The van der Waals surface area contributed by atoms with Crippen LogP contribution in [0.15, 0.2) is 17.3 Å². The third-order valence-electron chi connectivity index (χ3n) is 2.63. The lowest BCUT2D eigenvalue weighted by Crippen LogP contribution is -2.35. The van der Waals surface area contributed by atoms with Gasteiger partial charge in [-0.25, -0.2) is 8.42 Å². The summed E-state index contributed by atoms with van der Waals surface area (Å²) in [7, 11) is -1.57. The van der Waals surface area contributed by atoms with E-state index < -0.39 is 10.0 Å². The highest BCUT2D eigenvalue weighted by Crippen LogP contribution is 2.19. The van der Waals surface area contributed by atoms with Crippen molar-refractivity contribution in [3.05, 3.63) is 12.4 Å². The summed E-state index contributed by atoms with van der Waals surface area (Å²) in [6.07, 6.45) is 5.99. The van der Waals surface area contributed by atoms with E-state index >= 15 is 0 Å². The van der Waals surface area contributed by atoms with Crippen molar-refractivity contribution in [1.82, 2.24) is 14.1 Å². The molecular formula is C9H15N3O2S. The molecule has 0 bridgehead atoms. The van der Waals surface area contributed by atoms with Crippen molar-refractivity contribution >= 4 is 10.0 Å². The Hall–Kier alpha value is -0.880. The Kier molecular flexibility index (Phi) is 2.79. The molecule has 1 aromatic heterocycles. The summed E-state index contributed by atoms with van der Waals surface area (Å²) in [5, 5.41) is 3.89. The van der Waals surface area contributed by atoms with Crippen molar-refractivity contribution in [3.63, 3.8) is 0 Å². The summed E-state index contributed by atoms with van der Waals surface area (Å²) in [5.41, 5.74) is 0. The summed E-state index contributed by atoms with van der Waals surface area (Å²) >= 11 is 0. The van der Waals surface area contributed by atoms with Gasteiger partial charge in [0, 0.05) is 26.3 Å². The van der Waals surface area contributed by atoms with Crippen LogP contribution in [-0.2, 0) is 17.1 Å². The van der Waals surface area contributed by atoms with Crippen LogP contribution in [0.4, 0.5) is 0 Å². The minimum atomic E-state index is -3.29. The van der Waals surface area contributed by atoms with Crippen molar-refractivity contribution in [2.75, 3.05) is 13.1 Å². The van der Waals surface area contributed by atoms with Crippen molar-refractivity contribution < 1.29 is 8.42 Å². The second-order valence-corrected chi connectivity index (χ2v) is 5.75. The first-order valence-electron chi connectivity index (χ1n) is 5.09. The molecule has 2 rings (SSSR count). The van der Waals surface area contributed by atoms with Crippen LogP contribution in [-0.4, -0.2) is 35.6 Å². The molecule has 1 fully saturated rings. The number of rotatable bonds is 2. The predicted octanol–water partition coefficient (Wildman–Crippen LogP) is 0.595. The Morgan fingerprint density at radius 1 is 1.27 bits per heavy atom. The van der Waals surface area contributed by atoms with Gasteiger partial charge < -0.3 is 0 Å². The van der Waals surface area contributed by atoms with Crippen molar-refractivity contribution in [1.29, 1.82) is 0 Å². The lowest BCUT2D eigenvalue weighted by atomic mass is 10.2. The summed E-state index contributed by atoms with van der Waals surface area (Å²) in [6, 6.07) is 0. The Bertz CT molecular complexity index is 432. The molecule has 0 aliphatic carbocycles. The molecule has 0 spiro atoms. The highest BCUT2D eigenvalue weighted by Gasteiger charge is 2.26. The molecule has 1 aliphatic heterocycles. The predicted molar refractivity (Wildman–Crippen MR) is 55.8 cm³/mol. The maximum absolute atomic E-state index is 12.1. The number of piperidine rings is 1. The van der Waals surface area contributed by atoms with E-state index in [0.29, 0.717) is 18.0 Å². The topological polar surface area (TPSA) is 55.2 Å². The molecule has 0 aromatic carbocycles. The highest BCUT2D eigenvalue weighted by atomic mass is 32.2. The number of hydrogen-bond donors (Lipinski definition) is 0. The van der Waals surface area contributed by atoms with E-state index in [1.54, 1.807) is 17.5 Å². The molecule has 5 nitrogen and oxygen atoms in total. The first-order valence-corrected chi connectivity index (χ1v) is 6.53. The molecule has 2 heterocycles. The average Bonchev–Trinajstić information content (AvgIpc) is 2.67. The quantitative estimate of drug-likeness (QED) is 0.746. The fourth-order valence-electron chi connectivity index (χ4n) is 1.79. The molecule has 0 unspecified atom stereocenters. The summed E-state index contributed by atoms with van der Waals surface area (Å²) in [4.78, 5) is 0.298. The number of aryl methyl sites for hydroxylation is 1. The van der Waals surface area contributed by atoms with E-state index in [2.05, 4.69) is 5.10 Å². The van der Waals surface area contributed by atoms with Crippen LogP contribution in [0, 0.1) is 0 Å². The summed E-state index contributed by atoms with van der Waals surface area (Å²) < 4.78 is 27.2. The van der Waals surface area contributed by atoms with E-state index in [1.807, 2.05) is 0 Å². The van der Waals surface area contributed by atoms with Gasteiger partial charge in [0.05, 0.1) is 6.20 Å². The van der Waals surface area contributed by atoms with E-state index in [9.17, 15) is 8.42 Å². The fraction of sp³-hybridized carbons (Fsp3) is 0.667. The largest absolute Gasteiger partial charge is 0.274 e. The zero-order valence-electron chi connectivity index (χ0n) is 8.76. The second-order valence-electron chi connectivity index (χ2n) is 3.81. The SMILES string of the molecule is Cn1cc(S(=O)(=O)N2CCCCC2)cn1. The minimum absolute atomic E-state index is 0.298. The van der Waals surface area contributed by atoms with Gasteiger partial charge in [-0.1, -0.05) is 6.42 Å². The van der Waals surface area contributed by atoms with Crippen LogP contribution in [0.25, 0.3) is 0 Å². The van der Waals surface area contributed by atoms with E-state index in [4.69, 9.17) is 0 Å². The molecule has 0 saturated carbocycles. The molecule has 15 heavy (non-hydrogen) atoms. The first-order chi connectivity index (χ1) is 7.10. The Morgan fingerprint density at radius 2 is 1.93 bits per heavy atom. The standard InChI is InChI=1S/C9H15N3O2S/c1-11-8-9(7-10-11)15(13,14)12-5-3-2-4-6-12/h7-8H,2-6H2,1H3. The van der Waals surface area contributed by atoms with Gasteiger partial charge in [0.2, 0.25) is 10.0 Å². The van der Waals surface area contributed by atoms with Gasteiger partial charge in [0.25, 0.3) is 0 Å². The maximum Gasteiger partial charge on any atom is 0.246 e. The molecule has 0 radical (unpaired) electrons. The van der Waals surface area contributed by atoms with Crippen LogP contribution >= 0.6 is 0 Å². The molecular weight excluding hydrogens is 214 g/mol. The Balaban J connectivity index is 2.26. The minimum Gasteiger partial charge on any atom is -0.274 e. The number of hydrogen-bond acceptors (Lipinski definition) is 3. The van der Waals surface area contributed by atoms with Crippen LogP contribution in [0.3, 0.4) is 0 Å². The van der Waals surface area contributed by atoms with Gasteiger partial charge >= 0.3 is 0 Å². The maximum atomic E-state index is 12.1. The molecule has 1 aliphatic rings. The van der Waals surface area contributed by atoms with Crippen LogP contribution in [0.1, 0.15) is 19.3 Å². The van der Waals surface area contributed by atoms with Crippen molar-refractivity contribution in [3.8, 4) is 0 Å². The third-order valence-corrected chi connectivity index (χ3v) is 4.49. The molecule has 0 atom stereocenters. The molecule has 1 saturated heterocycles. The average molecular weight is 229 g/mol. The van der Waals surface area contributed by atoms with Crippen molar-refractivity contribution in [2.45, 2.75) is 24.2 Å². The number of nitrogens with zero attached hydrogens (tertiary/aromatic N) is 3. The van der Waals surface area contributed by atoms with Crippen LogP contribution in [0.5, 0.6) is 0 Å². The van der Waals surface area contributed by atoms with E-state index in [-0.39, 0.29) is 0 Å². The van der Waals surface area contributed by atoms with Gasteiger partial charge in [-0.3, -0.25) is 4.68 Å². The number of sulfonamides is 1. The van der Waals surface area contributed by atoms with E-state index in [1.165, 1.54) is 10.9 Å². The zero-order chi connectivity index (χ0) is 10.9. The van der Waals surface area contributed by atoms with Crippen LogP contribution in [0.2, 0.25) is 0 Å². The third kappa shape index (κ3) is 2.05.